The number of aromatic amines is 4. The van der Waals surface area contributed by atoms with Crippen LogP contribution in [0.2, 0.25) is 0 Å². The third kappa shape index (κ3) is 13.6. The number of nitrogens with one attached hydrogen (secondary N) is 4. The van der Waals surface area contributed by atoms with E-state index in [2.05, 4.69) is 271 Å². The molecule has 18 rings (SSSR count). The predicted molar refractivity (Wildman–Crippen MR) is 458 cm³/mol. The Morgan fingerprint density at radius 1 is 0.277 bits per heavy atom. The van der Waals surface area contributed by atoms with Gasteiger partial charge >= 0.3 is 5.97 Å². The zero-order chi connectivity index (χ0) is 75.9. The first-order valence-corrected chi connectivity index (χ1v) is 37.5. The fourth-order valence-electron chi connectivity index (χ4n) is 15.4. The van der Waals surface area contributed by atoms with E-state index >= 15 is 0 Å². The average molecular weight is 1460 g/mol. The van der Waals surface area contributed by atoms with Crippen LogP contribution in [0.3, 0.4) is 0 Å². The van der Waals surface area contributed by atoms with E-state index in [4.69, 9.17) is 38.9 Å². The summed E-state index contributed by atoms with van der Waals surface area (Å²) in [5, 5.41) is 0. The number of hydrogen-bond acceptors (Lipinski definition) is 9. The quantitative estimate of drug-likeness (QED) is 0.0418. The molecule has 4 N–H and O–H groups in total. The molecule has 8 aromatic carbocycles. The molecule has 6 aromatic heterocycles. The topological polar surface area (TPSA) is 169 Å². The van der Waals surface area contributed by atoms with Gasteiger partial charge in [-0.15, -0.1) is 0 Å². The summed E-state index contributed by atoms with van der Waals surface area (Å²) in [4.78, 5) is 51.2. The lowest BCUT2D eigenvalue weighted by Gasteiger charge is -2.08. The van der Waals surface area contributed by atoms with E-state index in [1.54, 1.807) is 21.3 Å². The van der Waals surface area contributed by atoms with Crippen molar-refractivity contribution in [2.75, 3.05) is 21.3 Å². The average Bonchev–Trinajstić information content (AvgIpc) is 1.62. The highest BCUT2D eigenvalue weighted by atomic mass is 16.5. The largest absolute Gasteiger partial charge is 0.497 e. The van der Waals surface area contributed by atoms with Crippen LogP contribution < -0.4 is 18.9 Å². The summed E-state index contributed by atoms with van der Waals surface area (Å²) < 4.78 is 22.9. The Labute approximate surface area is 648 Å². The molecule has 0 saturated heterocycles. The molecule has 0 amide bonds. The lowest BCUT2D eigenvalue weighted by atomic mass is 10.0. The van der Waals surface area contributed by atoms with Gasteiger partial charge in [0.2, 0.25) is 0 Å². The van der Waals surface area contributed by atoms with Gasteiger partial charge < -0.3 is 38.9 Å². The second-order valence-corrected chi connectivity index (χ2v) is 28.4. The molecule has 10 heterocycles. The Balaban J connectivity index is 0.668. The highest BCUT2D eigenvalue weighted by Crippen LogP contribution is 2.43. The normalized spacial score (nSPS) is 12.1. The fourth-order valence-corrected chi connectivity index (χ4v) is 15.4. The van der Waals surface area contributed by atoms with Crippen molar-refractivity contribution in [3.05, 3.63) is 323 Å². The molecule has 4 aliphatic rings. The molecule has 13 nitrogen and oxygen atoms in total. The van der Waals surface area contributed by atoms with Gasteiger partial charge in [0.1, 0.15) is 23.0 Å². The number of aromatic nitrogens is 8. The lowest BCUT2D eigenvalue weighted by Crippen LogP contribution is -2.03. The summed E-state index contributed by atoms with van der Waals surface area (Å²) in [6.07, 6.45) is 21.5. The van der Waals surface area contributed by atoms with Gasteiger partial charge in [-0.3, -0.25) is 0 Å². The molecule has 13 heteroatoms. The van der Waals surface area contributed by atoms with E-state index in [9.17, 15) is 4.79 Å². The zero-order valence-corrected chi connectivity index (χ0v) is 62.6. The molecule has 0 radical (unpaired) electrons. The zero-order valence-electron chi connectivity index (χ0n) is 62.6. The van der Waals surface area contributed by atoms with Crippen LogP contribution in [0.4, 0.5) is 0 Å². The number of rotatable bonds is 16. The molecule has 14 aromatic rings. The van der Waals surface area contributed by atoms with Crippen LogP contribution in [0.1, 0.15) is 74.2 Å². The van der Waals surface area contributed by atoms with Gasteiger partial charge in [0.25, 0.3) is 0 Å². The van der Waals surface area contributed by atoms with Crippen LogP contribution >= 0.6 is 0 Å². The number of ether oxygens (including phenoxy) is 4. The summed E-state index contributed by atoms with van der Waals surface area (Å²) in [6, 6.07) is 83.5. The van der Waals surface area contributed by atoms with Gasteiger partial charge in [-0.05, 0) is 229 Å². The molecule has 542 valence electrons. The molecule has 4 aliphatic heterocycles. The molecule has 0 spiro atoms. The second kappa shape index (κ2) is 29.6. The number of aryl methyl sites for hydroxylation is 4. The third-order valence-corrected chi connectivity index (χ3v) is 21.1. The lowest BCUT2D eigenvalue weighted by molar-refractivity contribution is -0.129. The number of nitrogens with zero attached hydrogens (tertiary/aromatic N) is 4. The van der Waals surface area contributed by atoms with Gasteiger partial charge in [0, 0.05) is 94.7 Å². The molecule has 112 heavy (non-hydrogen) atoms. The summed E-state index contributed by atoms with van der Waals surface area (Å²) in [5.74, 6) is 2.21. The Bertz CT molecular complexity index is 6480. The number of carbonyl (C=O) groups excluding carboxylic acids is 1. The van der Waals surface area contributed by atoms with Crippen molar-refractivity contribution in [1.29, 1.82) is 0 Å². The molecular weight excluding hydrogens is 1380 g/mol. The predicted octanol–water partition coefficient (Wildman–Crippen LogP) is 24.0. The number of fused-ring (bicyclic) bond motifs is 16. The van der Waals surface area contributed by atoms with E-state index < -0.39 is 5.97 Å². The van der Waals surface area contributed by atoms with Crippen molar-refractivity contribution >= 4 is 98.7 Å². The van der Waals surface area contributed by atoms with Crippen LogP contribution in [0.15, 0.2) is 255 Å². The first-order valence-electron chi connectivity index (χ1n) is 37.5. The number of H-pyrrole nitrogens is 4. The van der Waals surface area contributed by atoms with Crippen LogP contribution in [0.25, 0.3) is 182 Å². The smallest absolute Gasteiger partial charge is 0.335 e. The highest BCUT2D eigenvalue weighted by molar-refractivity contribution is 6.03. The number of allylic oxidation sites excluding steroid dienone is 1. The van der Waals surface area contributed by atoms with Crippen molar-refractivity contribution in [2.45, 2.75) is 33.6 Å². The Kier molecular flexibility index (Phi) is 18.3. The van der Waals surface area contributed by atoms with Gasteiger partial charge in [-0.2, -0.15) is 0 Å². The number of methoxy groups -OCH3 is 3. The third-order valence-electron chi connectivity index (χ3n) is 21.1. The summed E-state index contributed by atoms with van der Waals surface area (Å²) in [5.41, 5.74) is 33.6. The Morgan fingerprint density at radius 3 is 0.705 bits per heavy atom. The van der Waals surface area contributed by atoms with E-state index in [0.717, 1.165) is 213 Å². The van der Waals surface area contributed by atoms with Crippen molar-refractivity contribution in [1.82, 2.24) is 39.9 Å². The standard InChI is InChI=1S/C99H76N8O5/c1-59-11-19-63(20-12-59)92-75-43-45-77(100-75)93(64-21-13-60(2)14-22-64)79-47-51-89(102-79)99(90-52-48-80(103-90)94(78-46-44-76(92)101-78)65-23-15-61(3)16-24-65)70-33-41-74(42-34-70)112-91(108)10-8-7-9-62-17-25-66(26-18-62)95-81-49-53-83(104-81)96(67-27-35-71(109-4)36-28-67)85-55-57-87(106-85)98(69-31-39-73(111-6)40-32-69)88-58-56-86(107-88)97(84-54-50-82(95)105-84)68-29-37-72(110-5)38-30-68/h8,10-58,100,103-104,107H,7,9H2,1-6H3/b10-8+,92-75?,92-76?,93-77?,93-79?,94-78?,94-80?,95-81?,95-82?,96-83?,96-85?,97-84?,97-86?,98-87?,98-88?,99-89?,99-90?. The van der Waals surface area contributed by atoms with Crippen LogP contribution in [0.5, 0.6) is 23.0 Å². The molecule has 0 fully saturated rings. The SMILES string of the molecule is COc1ccc(-c2c3nc(c(-c4ccc(OC)cc4)c4ccc([nH]4)c(-c4ccc(OC)cc4)c4nc(c(-c5ccc(CC/C=C/C(=O)Oc6ccc(-c7c8nc(c(-c9ccc(C)cc9)c9ccc([nH]9)c(-c9ccc(C)cc9)c9nc(c(-c%10ccc(C)cc%10)c%10ccc7[nH]%10)C=C9)C=C8)cc6)cc5)c5ccc2[nH]5)C=C4)C=C3)cc1. The minimum absolute atomic E-state index is 0.415. The van der Waals surface area contributed by atoms with Gasteiger partial charge in [0.05, 0.1) is 66.9 Å². The first-order chi connectivity index (χ1) is 54.9. The van der Waals surface area contributed by atoms with E-state index in [0.29, 0.717) is 18.6 Å². The van der Waals surface area contributed by atoms with Crippen LogP contribution in [-0.4, -0.2) is 67.2 Å². The number of hydrogen-bond donors (Lipinski definition) is 4. The van der Waals surface area contributed by atoms with Gasteiger partial charge in [0.15, 0.2) is 0 Å². The molecule has 0 saturated carbocycles. The van der Waals surface area contributed by atoms with E-state index in [1.807, 2.05) is 66.7 Å². The van der Waals surface area contributed by atoms with E-state index in [1.165, 1.54) is 11.6 Å². The molecule has 0 aliphatic carbocycles. The molecule has 0 unspecified atom stereocenters. The Hall–Kier alpha value is -14.4. The summed E-state index contributed by atoms with van der Waals surface area (Å²) >= 11 is 0. The monoisotopic (exact) mass is 1460 g/mol. The maximum absolute atomic E-state index is 13.8. The Morgan fingerprint density at radius 2 is 0.482 bits per heavy atom. The number of esters is 1. The highest BCUT2D eigenvalue weighted by Gasteiger charge is 2.23. The minimum Gasteiger partial charge on any atom is -0.497 e. The van der Waals surface area contributed by atoms with Gasteiger partial charge in [-0.1, -0.05) is 168 Å². The molecular formula is C99H76N8O5. The van der Waals surface area contributed by atoms with Crippen molar-refractivity contribution < 1.29 is 23.7 Å². The van der Waals surface area contributed by atoms with Crippen molar-refractivity contribution in [3.63, 3.8) is 0 Å². The van der Waals surface area contributed by atoms with Crippen LogP contribution in [-0.2, 0) is 11.2 Å². The van der Waals surface area contributed by atoms with Crippen LogP contribution in [0, 0.1) is 20.8 Å². The summed E-state index contributed by atoms with van der Waals surface area (Å²) in [6.45, 7) is 6.32. The molecule has 16 bridgehead atoms. The van der Waals surface area contributed by atoms with Crippen molar-refractivity contribution in [3.8, 4) is 112 Å². The van der Waals surface area contributed by atoms with Gasteiger partial charge in [-0.25, -0.2) is 24.7 Å². The minimum atomic E-state index is -0.471. The maximum Gasteiger partial charge on any atom is 0.335 e. The van der Waals surface area contributed by atoms with E-state index in [-0.39, 0.29) is 0 Å². The maximum atomic E-state index is 13.8. The summed E-state index contributed by atoms with van der Waals surface area (Å²) in [7, 11) is 5.03. The fraction of sp³-hybridized carbons (Fsp3) is 0.0808. The first kappa shape index (κ1) is 69.3. The number of benzene rings is 8. The molecule has 0 atom stereocenters. The number of carbonyl (C=O) groups is 1. The second-order valence-electron chi connectivity index (χ2n) is 28.4. The van der Waals surface area contributed by atoms with Crippen molar-refractivity contribution in [2.24, 2.45) is 0 Å².